The number of sulfonamides is 1. The van der Waals surface area contributed by atoms with Gasteiger partial charge in [0.25, 0.3) is 5.91 Å². The molecular formula is C41H46ClN5O9S. The Morgan fingerprint density at radius 3 is 2.56 bits per heavy atom. The Balaban J connectivity index is 1.14. The summed E-state index contributed by atoms with van der Waals surface area (Å²) in [5, 5.41) is 7.60. The number of alkyl carbamates (subject to hydrolysis) is 1. The van der Waals surface area contributed by atoms with Crippen LogP contribution in [0.25, 0.3) is 32.8 Å². The van der Waals surface area contributed by atoms with E-state index in [0.717, 1.165) is 18.2 Å². The lowest BCUT2D eigenvalue weighted by atomic mass is 10.0. The standard InChI is InChI=1S/C41H46ClN5O9S/c1-40(2,3)56-39(51)43-30-14-8-6-4-5-7-11-23-21-41(23,38(50)46-57(52,53)26-16-17-26)45-35(48)31-20-25(22-47(31)37(30)49)54-36-28-13-10-9-12-27(28)34-33(44-36)29-19-24(42)15-18-32(29)55-34/h7,9-13,15,18-19,23,25-26,30-31H,4-6,8,14,16-17,20-22H2,1-3H3,(H,43,51)(H,45,48)(H,46,50)/b11-7-/t23-,25-,30+,31+,41-/m1/s1. The molecule has 4 amide bonds. The second-order valence-corrected chi connectivity index (χ2v) is 19.0. The molecule has 2 aliphatic carbocycles. The Hall–Kier alpha value is -4.89. The number of nitrogens with one attached hydrogen (secondary N) is 3. The quantitative estimate of drug-likeness (QED) is 0.194. The van der Waals surface area contributed by atoms with Crippen molar-refractivity contribution in [1.29, 1.82) is 0 Å². The highest BCUT2D eigenvalue weighted by Gasteiger charge is 2.62. The summed E-state index contributed by atoms with van der Waals surface area (Å²) >= 11 is 6.36. The fraction of sp³-hybridized carbons (Fsp3) is 0.488. The Morgan fingerprint density at radius 1 is 1.04 bits per heavy atom. The second kappa shape index (κ2) is 14.8. The van der Waals surface area contributed by atoms with Crippen LogP contribution in [-0.4, -0.2) is 83.2 Å². The molecule has 2 aliphatic heterocycles. The summed E-state index contributed by atoms with van der Waals surface area (Å²) in [6.45, 7) is 5.13. The summed E-state index contributed by atoms with van der Waals surface area (Å²) in [6, 6.07) is 10.6. The van der Waals surface area contributed by atoms with E-state index in [2.05, 4.69) is 15.4 Å². The van der Waals surface area contributed by atoms with E-state index in [1.165, 1.54) is 4.90 Å². The molecule has 16 heteroatoms. The monoisotopic (exact) mass is 819 g/mol. The Labute approximate surface area is 335 Å². The third-order valence-electron chi connectivity index (χ3n) is 11.1. The number of furan rings is 1. The molecule has 1 saturated heterocycles. The fourth-order valence-corrected chi connectivity index (χ4v) is 9.46. The van der Waals surface area contributed by atoms with E-state index in [4.69, 9.17) is 30.5 Å². The van der Waals surface area contributed by atoms with Crippen molar-refractivity contribution in [2.45, 2.75) is 113 Å². The first-order chi connectivity index (χ1) is 27.1. The van der Waals surface area contributed by atoms with Gasteiger partial charge in [0.2, 0.25) is 27.7 Å². The molecule has 4 aliphatic rings. The molecule has 4 heterocycles. The number of hydrogen-bond donors (Lipinski definition) is 3. The van der Waals surface area contributed by atoms with Crippen LogP contribution in [0, 0.1) is 5.92 Å². The van der Waals surface area contributed by atoms with E-state index in [0.29, 0.717) is 64.6 Å². The first kappa shape index (κ1) is 39.0. The Kier molecular flexibility index (Phi) is 10.1. The molecule has 2 saturated carbocycles. The van der Waals surface area contributed by atoms with Crippen molar-refractivity contribution in [2.75, 3.05) is 6.54 Å². The van der Waals surface area contributed by atoms with Gasteiger partial charge in [0.1, 0.15) is 40.4 Å². The van der Waals surface area contributed by atoms with E-state index >= 15 is 0 Å². The van der Waals surface area contributed by atoms with Gasteiger partial charge >= 0.3 is 6.09 Å². The average Bonchev–Trinajstić information content (AvgIpc) is 4.05. The molecule has 8 rings (SSSR count). The maximum Gasteiger partial charge on any atom is 0.408 e. The van der Waals surface area contributed by atoms with Crippen LogP contribution in [0.2, 0.25) is 5.02 Å². The van der Waals surface area contributed by atoms with Crippen LogP contribution in [0.1, 0.15) is 78.6 Å². The lowest BCUT2D eigenvalue weighted by Gasteiger charge is -2.30. The van der Waals surface area contributed by atoms with Crippen LogP contribution in [0.15, 0.2) is 59.0 Å². The predicted molar refractivity (Wildman–Crippen MR) is 213 cm³/mol. The number of allylic oxidation sites excluding steroid dienone is 1. The molecule has 302 valence electrons. The van der Waals surface area contributed by atoms with Gasteiger partial charge in [-0.3, -0.25) is 19.1 Å². The number of hydrogen-bond acceptors (Lipinski definition) is 10. The van der Waals surface area contributed by atoms with Crippen LogP contribution >= 0.6 is 11.6 Å². The first-order valence-corrected chi connectivity index (χ1v) is 21.5. The van der Waals surface area contributed by atoms with Crippen molar-refractivity contribution in [3.05, 3.63) is 59.6 Å². The van der Waals surface area contributed by atoms with Crippen LogP contribution < -0.4 is 20.1 Å². The van der Waals surface area contributed by atoms with Crippen LogP contribution in [0.4, 0.5) is 4.79 Å². The third kappa shape index (κ3) is 8.00. The van der Waals surface area contributed by atoms with Gasteiger partial charge < -0.3 is 29.4 Å². The number of ether oxygens (including phenoxy) is 2. The number of aromatic nitrogens is 1. The number of benzene rings is 2. The topological polar surface area (TPSA) is 186 Å². The van der Waals surface area contributed by atoms with Crippen LogP contribution in [0.5, 0.6) is 5.88 Å². The number of carbonyl (C=O) groups excluding carboxylic acids is 4. The van der Waals surface area contributed by atoms with Crippen molar-refractivity contribution in [2.24, 2.45) is 5.92 Å². The molecule has 3 fully saturated rings. The van der Waals surface area contributed by atoms with E-state index in [1.807, 2.05) is 36.4 Å². The second-order valence-electron chi connectivity index (χ2n) is 16.6. The van der Waals surface area contributed by atoms with Crippen molar-refractivity contribution < 1.29 is 41.5 Å². The zero-order chi connectivity index (χ0) is 40.3. The van der Waals surface area contributed by atoms with Crippen molar-refractivity contribution in [3.63, 3.8) is 0 Å². The molecule has 14 nitrogen and oxygen atoms in total. The molecule has 2 aromatic carbocycles. The average molecular weight is 820 g/mol. The summed E-state index contributed by atoms with van der Waals surface area (Å²) in [6.07, 6.45) is 6.55. The minimum absolute atomic E-state index is 0.0152. The SMILES string of the molecule is CC(C)(C)OC(=O)N[C@H]1CCCCC/C=C\[C@@H]2C[C@@]2(C(=O)NS(=O)(=O)C2CC2)NC(=O)[C@@H]2C[C@@H](Oc3nc4c5cc(Cl)ccc5oc4c4ccccc34)CN2C1=O. The normalized spacial score (nSPS) is 26.5. The number of rotatable bonds is 6. The Bertz CT molecular complexity index is 2420. The van der Waals surface area contributed by atoms with E-state index < -0.39 is 74.3 Å². The largest absolute Gasteiger partial charge is 0.472 e. The van der Waals surface area contributed by atoms with Gasteiger partial charge in [0.15, 0.2) is 5.58 Å². The minimum atomic E-state index is -3.91. The van der Waals surface area contributed by atoms with Gasteiger partial charge in [0, 0.05) is 33.5 Å². The number of amides is 4. The predicted octanol–water partition coefficient (Wildman–Crippen LogP) is 6.03. The molecule has 2 aromatic heterocycles. The maximum absolute atomic E-state index is 14.6. The van der Waals surface area contributed by atoms with Crippen molar-refractivity contribution in [3.8, 4) is 5.88 Å². The maximum atomic E-state index is 14.6. The number of fused-ring (bicyclic) bond motifs is 7. The molecule has 4 aromatic rings. The molecule has 57 heavy (non-hydrogen) atoms. The summed E-state index contributed by atoms with van der Waals surface area (Å²) in [4.78, 5) is 62.3. The van der Waals surface area contributed by atoms with Gasteiger partial charge in [-0.25, -0.2) is 18.2 Å². The van der Waals surface area contributed by atoms with E-state index in [9.17, 15) is 27.6 Å². The Morgan fingerprint density at radius 2 is 1.81 bits per heavy atom. The van der Waals surface area contributed by atoms with E-state index in [-0.39, 0.29) is 25.3 Å². The van der Waals surface area contributed by atoms with Gasteiger partial charge in [-0.2, -0.15) is 0 Å². The zero-order valence-corrected chi connectivity index (χ0v) is 33.6. The van der Waals surface area contributed by atoms with Gasteiger partial charge in [-0.15, -0.1) is 0 Å². The molecule has 3 N–H and O–H groups in total. The van der Waals surface area contributed by atoms with Crippen molar-refractivity contribution in [1.82, 2.24) is 25.2 Å². The lowest BCUT2D eigenvalue weighted by Crippen LogP contribution is -2.58. The summed E-state index contributed by atoms with van der Waals surface area (Å²) in [5.74, 6) is -2.13. The van der Waals surface area contributed by atoms with Crippen molar-refractivity contribution >= 4 is 78.3 Å². The summed E-state index contributed by atoms with van der Waals surface area (Å²) in [5.41, 5.74) is -0.659. The zero-order valence-electron chi connectivity index (χ0n) is 32.0. The van der Waals surface area contributed by atoms with Gasteiger partial charge in [-0.1, -0.05) is 54.8 Å². The first-order valence-electron chi connectivity index (χ1n) is 19.5. The molecule has 0 bridgehead atoms. The highest BCUT2D eigenvalue weighted by molar-refractivity contribution is 7.91. The molecule has 0 unspecified atom stereocenters. The molecular weight excluding hydrogens is 774 g/mol. The fourth-order valence-electron chi connectivity index (χ4n) is 7.92. The van der Waals surface area contributed by atoms with Crippen LogP contribution in [0.3, 0.4) is 0 Å². The number of nitrogens with zero attached hydrogens (tertiary/aromatic N) is 2. The third-order valence-corrected chi connectivity index (χ3v) is 13.1. The molecule has 0 radical (unpaired) electrons. The molecule has 0 spiro atoms. The summed E-state index contributed by atoms with van der Waals surface area (Å²) < 4.78 is 46.4. The van der Waals surface area contributed by atoms with Gasteiger partial charge in [0.05, 0.1) is 11.8 Å². The minimum Gasteiger partial charge on any atom is -0.472 e. The number of carbonyl (C=O) groups is 4. The summed E-state index contributed by atoms with van der Waals surface area (Å²) in [7, 11) is -3.91. The van der Waals surface area contributed by atoms with E-state index in [1.54, 1.807) is 39.0 Å². The highest BCUT2D eigenvalue weighted by atomic mass is 35.5. The number of halogens is 1. The van der Waals surface area contributed by atoms with Crippen LogP contribution in [-0.2, 0) is 29.1 Å². The highest BCUT2D eigenvalue weighted by Crippen LogP contribution is 2.46. The molecule has 5 atom stereocenters. The smallest absolute Gasteiger partial charge is 0.408 e. The lowest BCUT2D eigenvalue weighted by molar-refractivity contribution is -0.141. The van der Waals surface area contributed by atoms with Gasteiger partial charge in [-0.05, 0) is 83.6 Å². The number of pyridine rings is 1.